The van der Waals surface area contributed by atoms with Gasteiger partial charge in [0, 0.05) is 12.2 Å². The Kier molecular flexibility index (Phi) is 19.2. The zero-order chi connectivity index (χ0) is 26.2. The van der Waals surface area contributed by atoms with Gasteiger partial charge in [0.25, 0.3) is 5.22 Å². The summed E-state index contributed by atoms with van der Waals surface area (Å²) in [6.45, 7) is 3.12. The highest BCUT2D eigenvalue weighted by Crippen LogP contribution is 2.20. The van der Waals surface area contributed by atoms with E-state index in [2.05, 4.69) is 17.1 Å². The molecule has 0 fully saturated rings. The van der Waals surface area contributed by atoms with Crippen LogP contribution < -0.4 is 4.74 Å². The predicted molar refractivity (Wildman–Crippen MR) is 155 cm³/mol. The molecule has 1 aromatic heterocycles. The summed E-state index contributed by atoms with van der Waals surface area (Å²) in [6.07, 6.45) is 24.4. The van der Waals surface area contributed by atoms with Crippen molar-refractivity contribution >= 4 is 11.8 Å². The van der Waals surface area contributed by atoms with Crippen molar-refractivity contribution in [2.45, 2.75) is 141 Å². The van der Waals surface area contributed by atoms with Crippen LogP contribution in [0.25, 0.3) is 0 Å². The summed E-state index contributed by atoms with van der Waals surface area (Å²) in [5, 5.41) is 18.3. The van der Waals surface area contributed by atoms with Crippen LogP contribution in [0.15, 0.2) is 33.9 Å². The minimum atomic E-state index is 0.0802. The molecule has 2 rings (SSSR count). The molecule has 2 aromatic rings. The lowest BCUT2D eigenvalue weighted by molar-refractivity contribution is 0.281. The van der Waals surface area contributed by atoms with Crippen molar-refractivity contribution in [2.24, 2.45) is 0 Å². The number of unbranched alkanes of at least 4 members (excludes halogenated alkanes) is 16. The number of aryl methyl sites for hydroxylation is 1. The van der Waals surface area contributed by atoms with Crippen molar-refractivity contribution in [3.05, 3.63) is 35.7 Å². The maximum absolute atomic E-state index is 9.07. The second kappa shape index (κ2) is 22.5. The average Bonchev–Trinajstić information content (AvgIpc) is 3.38. The lowest BCUT2D eigenvalue weighted by Gasteiger charge is -2.06. The third-order valence-corrected chi connectivity index (χ3v) is 7.74. The molecule has 0 spiro atoms. The fraction of sp³-hybridized carbons (Fsp3) is 0.742. The fourth-order valence-corrected chi connectivity index (χ4v) is 5.24. The van der Waals surface area contributed by atoms with Crippen LogP contribution in [-0.2, 0) is 13.0 Å². The monoisotopic (exact) mass is 532 g/mol. The molecule has 1 N–H and O–H groups in total. The van der Waals surface area contributed by atoms with Crippen LogP contribution in [0.4, 0.5) is 0 Å². The number of aliphatic hydroxyl groups excluding tert-OH is 1. The Balaban J connectivity index is 1.33. The quantitative estimate of drug-likeness (QED) is 0.101. The van der Waals surface area contributed by atoms with E-state index in [1.54, 1.807) is 11.8 Å². The Labute approximate surface area is 230 Å². The molecule has 0 bridgehead atoms. The van der Waals surface area contributed by atoms with Gasteiger partial charge in [-0.25, -0.2) is 0 Å². The number of aromatic nitrogens is 2. The van der Waals surface area contributed by atoms with Crippen LogP contribution >= 0.6 is 11.8 Å². The number of hydrogen-bond acceptors (Lipinski definition) is 6. The van der Waals surface area contributed by atoms with Crippen molar-refractivity contribution in [1.29, 1.82) is 0 Å². The number of nitrogens with zero attached hydrogens (tertiary/aromatic N) is 2. The van der Waals surface area contributed by atoms with Crippen molar-refractivity contribution in [3.8, 4) is 5.75 Å². The first kappa shape index (κ1) is 31.7. The molecule has 37 heavy (non-hydrogen) atoms. The predicted octanol–water partition coefficient (Wildman–Crippen LogP) is 9.32. The van der Waals surface area contributed by atoms with E-state index in [4.69, 9.17) is 14.3 Å². The first-order chi connectivity index (χ1) is 18.3. The molecule has 0 saturated carbocycles. The first-order valence-electron chi connectivity index (χ1n) is 15.1. The fourth-order valence-electron chi connectivity index (χ4n) is 4.47. The smallest absolute Gasteiger partial charge is 0.276 e. The number of rotatable bonds is 25. The average molecular weight is 533 g/mol. The molecule has 0 saturated heterocycles. The number of benzene rings is 1. The number of hydrogen-bond donors (Lipinski definition) is 1. The third kappa shape index (κ3) is 16.8. The molecule has 0 radical (unpaired) electrons. The van der Waals surface area contributed by atoms with Crippen molar-refractivity contribution in [2.75, 3.05) is 12.4 Å². The van der Waals surface area contributed by atoms with E-state index in [1.807, 2.05) is 24.3 Å². The Hall–Kier alpha value is -1.53. The Morgan fingerprint density at radius 3 is 1.89 bits per heavy atom. The molecule has 1 aromatic carbocycles. The Morgan fingerprint density at radius 2 is 1.27 bits per heavy atom. The van der Waals surface area contributed by atoms with Gasteiger partial charge >= 0.3 is 0 Å². The van der Waals surface area contributed by atoms with Gasteiger partial charge in [0.05, 0.1) is 13.2 Å². The van der Waals surface area contributed by atoms with Crippen LogP contribution in [0.5, 0.6) is 5.75 Å². The zero-order valence-electron chi connectivity index (χ0n) is 23.4. The van der Waals surface area contributed by atoms with Gasteiger partial charge in [0.2, 0.25) is 5.89 Å². The molecule has 0 aliphatic rings. The SMILES string of the molecule is CCCCCCCCCCCCSc1nnc(CCCCCCCCCCOc2ccc(CO)cc2)o1. The highest BCUT2D eigenvalue weighted by atomic mass is 32.2. The molecular formula is C31H52N2O3S. The molecule has 210 valence electrons. The van der Waals surface area contributed by atoms with Crippen LogP contribution in [0, 0.1) is 0 Å². The van der Waals surface area contributed by atoms with E-state index in [0.29, 0.717) is 0 Å². The third-order valence-electron chi connectivity index (χ3n) is 6.83. The molecule has 0 aliphatic heterocycles. The van der Waals surface area contributed by atoms with Crippen molar-refractivity contribution < 1.29 is 14.3 Å². The summed E-state index contributed by atoms with van der Waals surface area (Å²) in [5.74, 6) is 2.77. The van der Waals surface area contributed by atoms with Gasteiger partial charge in [-0.1, -0.05) is 127 Å². The first-order valence-corrected chi connectivity index (χ1v) is 16.1. The van der Waals surface area contributed by atoms with Gasteiger partial charge in [0.1, 0.15) is 5.75 Å². The van der Waals surface area contributed by atoms with Crippen LogP contribution in [-0.4, -0.2) is 27.7 Å². The molecule has 0 aliphatic carbocycles. The second-order valence-electron chi connectivity index (χ2n) is 10.2. The lowest BCUT2D eigenvalue weighted by atomic mass is 10.1. The van der Waals surface area contributed by atoms with Gasteiger partial charge in [-0.3, -0.25) is 0 Å². The molecule has 6 heteroatoms. The van der Waals surface area contributed by atoms with Crippen LogP contribution in [0.2, 0.25) is 0 Å². The van der Waals surface area contributed by atoms with E-state index < -0.39 is 0 Å². The van der Waals surface area contributed by atoms with Crippen LogP contribution in [0.3, 0.4) is 0 Å². The van der Waals surface area contributed by atoms with E-state index >= 15 is 0 Å². The van der Waals surface area contributed by atoms with E-state index in [9.17, 15) is 0 Å². The summed E-state index contributed by atoms with van der Waals surface area (Å²) in [7, 11) is 0. The lowest BCUT2D eigenvalue weighted by Crippen LogP contribution is -1.97. The number of aliphatic hydroxyl groups is 1. The Morgan fingerprint density at radius 1 is 0.703 bits per heavy atom. The molecule has 0 amide bonds. The van der Waals surface area contributed by atoms with E-state index in [0.717, 1.165) is 54.0 Å². The number of thioether (sulfide) groups is 1. The highest BCUT2D eigenvalue weighted by molar-refractivity contribution is 7.99. The summed E-state index contributed by atoms with van der Waals surface area (Å²) < 4.78 is 11.6. The Bertz CT molecular complexity index is 766. The molecular weight excluding hydrogens is 480 g/mol. The standard InChI is InChI=1S/C31H52N2O3S/c1-2-3-4-5-6-7-10-13-16-19-26-37-31-33-32-30(36-31)20-17-14-11-8-9-12-15-18-25-35-29-23-21-28(27-34)22-24-29/h21-24,34H,2-20,25-27H2,1H3. The number of ether oxygens (including phenoxy) is 1. The minimum Gasteiger partial charge on any atom is -0.494 e. The molecule has 1 heterocycles. The van der Waals surface area contributed by atoms with Crippen molar-refractivity contribution in [3.63, 3.8) is 0 Å². The van der Waals surface area contributed by atoms with Gasteiger partial charge in [0.15, 0.2) is 0 Å². The molecule has 0 unspecified atom stereocenters. The highest BCUT2D eigenvalue weighted by Gasteiger charge is 2.06. The van der Waals surface area contributed by atoms with Gasteiger partial charge < -0.3 is 14.3 Å². The molecule has 0 atom stereocenters. The topological polar surface area (TPSA) is 68.4 Å². The summed E-state index contributed by atoms with van der Waals surface area (Å²) in [4.78, 5) is 0. The van der Waals surface area contributed by atoms with Crippen LogP contribution in [0.1, 0.15) is 134 Å². The summed E-state index contributed by atoms with van der Waals surface area (Å²) in [5.41, 5.74) is 0.919. The molecule has 5 nitrogen and oxygen atoms in total. The summed E-state index contributed by atoms with van der Waals surface area (Å²) >= 11 is 1.72. The van der Waals surface area contributed by atoms with Gasteiger partial charge in [-0.05, 0) is 37.0 Å². The minimum absolute atomic E-state index is 0.0802. The van der Waals surface area contributed by atoms with E-state index in [-0.39, 0.29) is 6.61 Å². The normalized spacial score (nSPS) is 11.3. The van der Waals surface area contributed by atoms with Gasteiger partial charge in [-0.2, -0.15) is 0 Å². The van der Waals surface area contributed by atoms with E-state index in [1.165, 1.54) is 103 Å². The largest absolute Gasteiger partial charge is 0.494 e. The maximum atomic E-state index is 9.07. The maximum Gasteiger partial charge on any atom is 0.276 e. The van der Waals surface area contributed by atoms with Crippen molar-refractivity contribution in [1.82, 2.24) is 10.2 Å². The zero-order valence-corrected chi connectivity index (χ0v) is 24.2. The van der Waals surface area contributed by atoms with Gasteiger partial charge in [-0.15, -0.1) is 10.2 Å². The second-order valence-corrected chi connectivity index (χ2v) is 11.3. The summed E-state index contributed by atoms with van der Waals surface area (Å²) in [6, 6.07) is 7.68.